The zero-order valence-electron chi connectivity index (χ0n) is 18.8. The number of amides is 2. The Balaban J connectivity index is 1.80. The number of benzene rings is 2. The van der Waals surface area contributed by atoms with Gasteiger partial charge >= 0.3 is 0 Å². The van der Waals surface area contributed by atoms with Crippen LogP contribution in [-0.2, 0) is 9.59 Å². The molecule has 9 nitrogen and oxygen atoms in total. The van der Waals surface area contributed by atoms with Gasteiger partial charge < -0.3 is 15.4 Å². The first-order chi connectivity index (χ1) is 15.8. The first-order valence-electron chi connectivity index (χ1n) is 10.3. The largest absolute Gasteiger partial charge is 0.497 e. The molecule has 0 saturated carbocycles. The van der Waals surface area contributed by atoms with Crippen molar-refractivity contribution in [2.75, 3.05) is 17.7 Å². The van der Waals surface area contributed by atoms with Crippen LogP contribution in [0.15, 0.2) is 52.4 Å². The molecule has 10 heteroatoms. The average molecular weight is 468 g/mol. The Morgan fingerprint density at radius 2 is 1.94 bits per heavy atom. The second-order valence-electron chi connectivity index (χ2n) is 7.27. The summed E-state index contributed by atoms with van der Waals surface area (Å²) in [6, 6.07) is 12.4. The van der Waals surface area contributed by atoms with Gasteiger partial charge in [0.15, 0.2) is 10.9 Å². The van der Waals surface area contributed by atoms with E-state index in [1.807, 2.05) is 19.9 Å². The summed E-state index contributed by atoms with van der Waals surface area (Å²) in [5, 5.41) is 13.5. The predicted octanol–water partition coefficient (Wildman–Crippen LogP) is 3.62. The van der Waals surface area contributed by atoms with Crippen molar-refractivity contribution < 1.29 is 14.3 Å². The van der Waals surface area contributed by atoms with E-state index < -0.39 is 10.8 Å². The minimum atomic E-state index is -0.499. The Bertz CT molecular complexity index is 1230. The molecule has 0 bridgehead atoms. The number of thioether (sulfide) groups is 1. The van der Waals surface area contributed by atoms with Crippen LogP contribution in [0.5, 0.6) is 5.75 Å². The van der Waals surface area contributed by atoms with Gasteiger partial charge in [-0.1, -0.05) is 36.4 Å². The van der Waals surface area contributed by atoms with Gasteiger partial charge in [0, 0.05) is 24.2 Å². The van der Waals surface area contributed by atoms with Crippen LogP contribution in [0.3, 0.4) is 0 Å². The number of nitrogens with zero attached hydrogens (tertiary/aromatic N) is 2. The van der Waals surface area contributed by atoms with Crippen LogP contribution in [-0.4, -0.2) is 39.4 Å². The van der Waals surface area contributed by atoms with Gasteiger partial charge in [-0.15, -0.1) is 10.2 Å². The highest BCUT2D eigenvalue weighted by molar-refractivity contribution is 8.00. The molecule has 0 fully saturated rings. The second-order valence-corrected chi connectivity index (χ2v) is 8.47. The molecule has 0 aliphatic carbocycles. The first-order valence-corrected chi connectivity index (χ1v) is 11.2. The van der Waals surface area contributed by atoms with Crippen molar-refractivity contribution in [3.05, 3.63) is 58.4 Å². The van der Waals surface area contributed by atoms with E-state index in [0.717, 1.165) is 17.3 Å². The highest BCUT2D eigenvalue weighted by Crippen LogP contribution is 2.27. The van der Waals surface area contributed by atoms with Crippen molar-refractivity contribution in [3.8, 4) is 17.0 Å². The zero-order chi connectivity index (χ0) is 24.0. The molecular weight excluding hydrogens is 442 g/mol. The summed E-state index contributed by atoms with van der Waals surface area (Å²) in [5.41, 5.74) is 2.07. The molecular formula is C23H25N5O4S. The quantitative estimate of drug-likeness (QED) is 0.432. The smallest absolute Gasteiger partial charge is 0.278 e. The highest BCUT2D eigenvalue weighted by atomic mass is 32.2. The third-order valence-corrected chi connectivity index (χ3v) is 5.91. The fourth-order valence-electron chi connectivity index (χ4n) is 3.08. The van der Waals surface area contributed by atoms with E-state index in [1.165, 1.54) is 6.92 Å². The van der Waals surface area contributed by atoms with Crippen LogP contribution < -0.4 is 20.9 Å². The molecule has 0 aliphatic rings. The molecule has 3 rings (SSSR count). The Morgan fingerprint density at radius 1 is 1.15 bits per heavy atom. The normalized spacial score (nSPS) is 11.5. The highest BCUT2D eigenvalue weighted by Gasteiger charge is 2.21. The number of carbonyl (C=O) groups is 2. The molecule has 0 unspecified atom stereocenters. The summed E-state index contributed by atoms with van der Waals surface area (Å²) in [7, 11) is 1.56. The lowest BCUT2D eigenvalue weighted by molar-refractivity contribution is -0.116. The number of nitrogens with one attached hydrogen (secondary N) is 3. The number of hydrogen-bond acceptors (Lipinski definition) is 7. The summed E-state index contributed by atoms with van der Waals surface area (Å²) in [4.78, 5) is 39.8. The topological polar surface area (TPSA) is 126 Å². The van der Waals surface area contributed by atoms with Gasteiger partial charge in [-0.25, -0.2) is 0 Å². The van der Waals surface area contributed by atoms with E-state index >= 15 is 0 Å². The van der Waals surface area contributed by atoms with Gasteiger partial charge in [0.1, 0.15) is 5.75 Å². The van der Waals surface area contributed by atoms with E-state index in [2.05, 4.69) is 25.8 Å². The van der Waals surface area contributed by atoms with Crippen LogP contribution in [0.2, 0.25) is 0 Å². The first kappa shape index (κ1) is 24.0. The molecule has 33 heavy (non-hydrogen) atoms. The van der Waals surface area contributed by atoms with Crippen LogP contribution >= 0.6 is 11.8 Å². The maximum atomic E-state index is 12.8. The summed E-state index contributed by atoms with van der Waals surface area (Å²) in [6.45, 7) is 5.13. The number of H-pyrrole nitrogens is 1. The number of methoxy groups -OCH3 is 1. The summed E-state index contributed by atoms with van der Waals surface area (Å²) in [6.07, 6.45) is 0.510. The lowest BCUT2D eigenvalue weighted by Gasteiger charge is -2.14. The van der Waals surface area contributed by atoms with Crippen molar-refractivity contribution in [3.63, 3.8) is 0 Å². The molecule has 1 atom stereocenters. The van der Waals surface area contributed by atoms with Gasteiger partial charge in [0.2, 0.25) is 11.8 Å². The van der Waals surface area contributed by atoms with Crippen molar-refractivity contribution >= 4 is 35.0 Å². The van der Waals surface area contributed by atoms with Gasteiger partial charge in [-0.05, 0) is 37.6 Å². The third-order valence-electron chi connectivity index (χ3n) is 4.67. The molecule has 3 aromatic rings. The van der Waals surface area contributed by atoms with E-state index in [4.69, 9.17) is 4.74 Å². The number of aromatic nitrogens is 3. The minimum Gasteiger partial charge on any atom is -0.497 e. The Morgan fingerprint density at radius 3 is 2.61 bits per heavy atom. The molecule has 1 heterocycles. The molecule has 0 radical (unpaired) electrons. The minimum absolute atomic E-state index is 0.0840. The third kappa shape index (κ3) is 6.19. The Labute approximate surface area is 195 Å². The summed E-state index contributed by atoms with van der Waals surface area (Å²) >= 11 is 1.12. The Hall–Kier alpha value is -3.66. The summed E-state index contributed by atoms with van der Waals surface area (Å²) in [5.74, 6) is 0.146. The molecule has 172 valence electrons. The van der Waals surface area contributed by atoms with E-state index in [0.29, 0.717) is 29.1 Å². The van der Waals surface area contributed by atoms with Crippen molar-refractivity contribution in [2.45, 2.75) is 37.6 Å². The van der Waals surface area contributed by atoms with Crippen molar-refractivity contribution in [2.24, 2.45) is 0 Å². The number of anilines is 2. The maximum Gasteiger partial charge on any atom is 0.278 e. The molecule has 0 spiro atoms. The van der Waals surface area contributed by atoms with E-state index in [9.17, 15) is 14.4 Å². The van der Waals surface area contributed by atoms with Gasteiger partial charge in [0.25, 0.3) is 5.56 Å². The number of aromatic amines is 1. The van der Waals surface area contributed by atoms with Gasteiger partial charge in [-0.3, -0.25) is 19.4 Å². The number of rotatable bonds is 8. The standard InChI is InChI=1S/C23H25N5O4S/c1-5-19(21(30)25-15-7-6-8-16(12-15)32-4)33-23-26-22(31)20(27-28-23)17-11-13(2)9-10-18(17)24-14(3)29/h6-12,19H,5H2,1-4H3,(H,24,29)(H,25,30)(H,26,28,31)/t19-/m1/s1. The predicted molar refractivity (Wildman–Crippen MR) is 129 cm³/mol. The lowest BCUT2D eigenvalue weighted by atomic mass is 10.1. The lowest BCUT2D eigenvalue weighted by Crippen LogP contribution is -2.25. The van der Waals surface area contributed by atoms with E-state index in [1.54, 1.807) is 43.5 Å². The Kier molecular flexibility index (Phi) is 7.83. The molecule has 2 aromatic carbocycles. The van der Waals surface area contributed by atoms with Crippen LogP contribution in [0.25, 0.3) is 11.3 Å². The number of hydrogen-bond donors (Lipinski definition) is 3. The van der Waals surface area contributed by atoms with Crippen LogP contribution in [0, 0.1) is 6.92 Å². The van der Waals surface area contributed by atoms with E-state index in [-0.39, 0.29) is 22.7 Å². The van der Waals surface area contributed by atoms with Crippen molar-refractivity contribution in [1.82, 2.24) is 15.2 Å². The second kappa shape index (κ2) is 10.8. The number of carbonyl (C=O) groups excluding carboxylic acids is 2. The number of aryl methyl sites for hydroxylation is 1. The molecule has 0 aliphatic heterocycles. The zero-order valence-corrected chi connectivity index (χ0v) is 19.6. The van der Waals surface area contributed by atoms with Crippen LogP contribution in [0.4, 0.5) is 11.4 Å². The van der Waals surface area contributed by atoms with Crippen LogP contribution in [0.1, 0.15) is 25.8 Å². The fraction of sp³-hybridized carbons (Fsp3) is 0.261. The molecule has 3 N–H and O–H groups in total. The molecule has 1 aromatic heterocycles. The molecule has 2 amide bonds. The van der Waals surface area contributed by atoms with Gasteiger partial charge in [0.05, 0.1) is 18.0 Å². The SMILES string of the molecule is CC[C@@H](Sc1nnc(-c2cc(C)ccc2NC(C)=O)c(=O)[nH]1)C(=O)Nc1cccc(OC)c1. The van der Waals surface area contributed by atoms with Crippen molar-refractivity contribution in [1.29, 1.82) is 0 Å². The maximum absolute atomic E-state index is 12.8. The van der Waals surface area contributed by atoms with Gasteiger partial charge in [-0.2, -0.15) is 0 Å². The average Bonchev–Trinajstić information content (AvgIpc) is 2.78. The fourth-order valence-corrected chi connectivity index (χ4v) is 3.93. The summed E-state index contributed by atoms with van der Waals surface area (Å²) < 4.78 is 5.18. The number of ether oxygens (including phenoxy) is 1. The molecule has 0 saturated heterocycles. The monoisotopic (exact) mass is 467 g/mol.